The highest BCUT2D eigenvalue weighted by Gasteiger charge is 2.25. The summed E-state index contributed by atoms with van der Waals surface area (Å²) in [7, 11) is 4.13. The highest BCUT2D eigenvalue weighted by Crippen LogP contribution is 2.30. The standard InChI is InChI=1S/C17H23N3O/c1-19(2)15-7-5-14(6-8-15)17(16-4-3-13-21-16)20-11-9-18-10-12-20/h3-8,13,17-18H,9-12H2,1-2H3. The molecule has 0 spiro atoms. The van der Waals surface area contributed by atoms with E-state index in [0.717, 1.165) is 31.9 Å². The van der Waals surface area contributed by atoms with Gasteiger partial charge in [-0.05, 0) is 29.8 Å². The second-order valence-corrected chi connectivity index (χ2v) is 5.69. The van der Waals surface area contributed by atoms with Crippen LogP contribution in [0.1, 0.15) is 17.4 Å². The van der Waals surface area contributed by atoms with Crippen LogP contribution in [0.15, 0.2) is 47.1 Å². The first-order valence-corrected chi connectivity index (χ1v) is 7.51. The largest absolute Gasteiger partial charge is 0.467 e. The molecule has 21 heavy (non-hydrogen) atoms. The molecule has 1 aromatic carbocycles. The van der Waals surface area contributed by atoms with Gasteiger partial charge in [0.15, 0.2) is 0 Å². The summed E-state index contributed by atoms with van der Waals surface area (Å²) in [6.07, 6.45) is 1.76. The molecule has 1 aromatic heterocycles. The van der Waals surface area contributed by atoms with Gasteiger partial charge < -0.3 is 14.6 Å². The van der Waals surface area contributed by atoms with Gasteiger partial charge in [0.2, 0.25) is 0 Å². The Morgan fingerprint density at radius 3 is 2.38 bits per heavy atom. The molecule has 2 heterocycles. The summed E-state index contributed by atoms with van der Waals surface area (Å²) >= 11 is 0. The van der Waals surface area contributed by atoms with E-state index in [-0.39, 0.29) is 6.04 Å². The molecule has 3 rings (SSSR count). The molecule has 1 atom stereocenters. The molecule has 1 saturated heterocycles. The second-order valence-electron chi connectivity index (χ2n) is 5.69. The summed E-state index contributed by atoms with van der Waals surface area (Å²) in [6.45, 7) is 4.15. The molecule has 1 unspecified atom stereocenters. The predicted molar refractivity (Wildman–Crippen MR) is 85.8 cm³/mol. The third-order valence-electron chi connectivity index (χ3n) is 4.05. The van der Waals surface area contributed by atoms with Gasteiger partial charge in [-0.2, -0.15) is 0 Å². The van der Waals surface area contributed by atoms with Crippen molar-refractivity contribution in [1.82, 2.24) is 10.2 Å². The van der Waals surface area contributed by atoms with Crippen molar-refractivity contribution in [3.05, 3.63) is 54.0 Å². The summed E-state index contributed by atoms with van der Waals surface area (Å²) in [6, 6.07) is 13.0. The number of benzene rings is 1. The van der Waals surface area contributed by atoms with Crippen molar-refractivity contribution in [2.45, 2.75) is 6.04 Å². The molecule has 112 valence electrons. The Morgan fingerprint density at radius 2 is 1.81 bits per heavy atom. The Hall–Kier alpha value is -1.78. The van der Waals surface area contributed by atoms with Gasteiger partial charge in [0.25, 0.3) is 0 Å². The van der Waals surface area contributed by atoms with Crippen LogP contribution in [0.4, 0.5) is 5.69 Å². The Morgan fingerprint density at radius 1 is 1.10 bits per heavy atom. The fourth-order valence-corrected chi connectivity index (χ4v) is 2.90. The summed E-state index contributed by atoms with van der Waals surface area (Å²) in [5, 5.41) is 3.41. The third-order valence-corrected chi connectivity index (χ3v) is 4.05. The maximum atomic E-state index is 5.71. The van der Waals surface area contributed by atoms with Crippen molar-refractivity contribution < 1.29 is 4.42 Å². The van der Waals surface area contributed by atoms with E-state index in [2.05, 4.69) is 59.5 Å². The van der Waals surface area contributed by atoms with Gasteiger partial charge in [0, 0.05) is 46.0 Å². The Labute approximate surface area is 126 Å². The number of hydrogen-bond donors (Lipinski definition) is 1. The van der Waals surface area contributed by atoms with Gasteiger partial charge >= 0.3 is 0 Å². The van der Waals surface area contributed by atoms with E-state index in [1.165, 1.54) is 11.3 Å². The average Bonchev–Trinajstić information content (AvgIpc) is 3.03. The first kappa shape index (κ1) is 14.2. The van der Waals surface area contributed by atoms with E-state index in [1.54, 1.807) is 6.26 Å². The molecular weight excluding hydrogens is 262 g/mol. The van der Waals surface area contributed by atoms with E-state index in [1.807, 2.05) is 6.07 Å². The lowest BCUT2D eigenvalue weighted by Crippen LogP contribution is -2.45. The number of piperazine rings is 1. The Balaban J connectivity index is 1.91. The van der Waals surface area contributed by atoms with E-state index in [4.69, 9.17) is 4.42 Å². The summed E-state index contributed by atoms with van der Waals surface area (Å²) in [4.78, 5) is 4.61. The second kappa shape index (κ2) is 6.33. The molecule has 4 heteroatoms. The molecule has 4 nitrogen and oxygen atoms in total. The van der Waals surface area contributed by atoms with Crippen molar-refractivity contribution >= 4 is 5.69 Å². The zero-order valence-corrected chi connectivity index (χ0v) is 12.7. The molecule has 1 aliphatic heterocycles. The van der Waals surface area contributed by atoms with E-state index in [0.29, 0.717) is 0 Å². The normalized spacial score (nSPS) is 17.6. The zero-order chi connectivity index (χ0) is 14.7. The van der Waals surface area contributed by atoms with E-state index in [9.17, 15) is 0 Å². The van der Waals surface area contributed by atoms with Crippen LogP contribution in [0.2, 0.25) is 0 Å². The summed E-state index contributed by atoms with van der Waals surface area (Å²) in [5.74, 6) is 1.02. The first-order chi connectivity index (χ1) is 10.3. The highest BCUT2D eigenvalue weighted by molar-refractivity contribution is 5.47. The summed E-state index contributed by atoms with van der Waals surface area (Å²) < 4.78 is 5.71. The zero-order valence-electron chi connectivity index (χ0n) is 12.7. The minimum absolute atomic E-state index is 0.207. The molecule has 1 N–H and O–H groups in total. The van der Waals surface area contributed by atoms with Crippen molar-refractivity contribution in [1.29, 1.82) is 0 Å². The van der Waals surface area contributed by atoms with E-state index >= 15 is 0 Å². The fourth-order valence-electron chi connectivity index (χ4n) is 2.90. The molecular formula is C17H23N3O. The average molecular weight is 285 g/mol. The maximum Gasteiger partial charge on any atom is 0.125 e. The van der Waals surface area contributed by atoms with Crippen LogP contribution in [-0.4, -0.2) is 45.2 Å². The molecule has 0 amide bonds. The number of rotatable bonds is 4. The lowest BCUT2D eigenvalue weighted by Gasteiger charge is -2.34. The number of anilines is 1. The van der Waals surface area contributed by atoms with Crippen molar-refractivity contribution in [3.63, 3.8) is 0 Å². The number of nitrogens with zero attached hydrogens (tertiary/aromatic N) is 2. The van der Waals surface area contributed by atoms with Crippen LogP contribution in [0.3, 0.4) is 0 Å². The SMILES string of the molecule is CN(C)c1ccc(C(c2ccco2)N2CCNCC2)cc1. The molecule has 1 fully saturated rings. The van der Waals surface area contributed by atoms with Crippen LogP contribution in [-0.2, 0) is 0 Å². The lowest BCUT2D eigenvalue weighted by atomic mass is 10.0. The minimum Gasteiger partial charge on any atom is -0.467 e. The van der Waals surface area contributed by atoms with Gasteiger partial charge in [0.1, 0.15) is 5.76 Å². The van der Waals surface area contributed by atoms with Crippen LogP contribution >= 0.6 is 0 Å². The van der Waals surface area contributed by atoms with Crippen LogP contribution in [0.25, 0.3) is 0 Å². The van der Waals surface area contributed by atoms with Gasteiger partial charge in [-0.15, -0.1) is 0 Å². The molecule has 0 saturated carbocycles. The van der Waals surface area contributed by atoms with Gasteiger partial charge in [-0.1, -0.05) is 12.1 Å². The topological polar surface area (TPSA) is 31.7 Å². The van der Waals surface area contributed by atoms with Crippen molar-refractivity contribution in [2.24, 2.45) is 0 Å². The lowest BCUT2D eigenvalue weighted by molar-refractivity contribution is 0.180. The monoisotopic (exact) mass is 285 g/mol. The molecule has 0 aliphatic carbocycles. The summed E-state index contributed by atoms with van der Waals surface area (Å²) in [5.41, 5.74) is 2.51. The van der Waals surface area contributed by atoms with Gasteiger partial charge in [-0.25, -0.2) is 0 Å². The molecule has 1 aliphatic rings. The quantitative estimate of drug-likeness (QED) is 0.934. The third kappa shape index (κ3) is 3.12. The van der Waals surface area contributed by atoms with Crippen LogP contribution in [0, 0.1) is 0 Å². The minimum atomic E-state index is 0.207. The molecule has 0 radical (unpaired) electrons. The fraction of sp³-hybridized carbons (Fsp3) is 0.412. The van der Waals surface area contributed by atoms with Crippen LogP contribution in [0.5, 0.6) is 0 Å². The highest BCUT2D eigenvalue weighted by atomic mass is 16.3. The van der Waals surface area contributed by atoms with Crippen molar-refractivity contribution in [2.75, 3.05) is 45.2 Å². The predicted octanol–water partition coefficient (Wildman–Crippen LogP) is 2.34. The maximum absolute atomic E-state index is 5.71. The van der Waals surface area contributed by atoms with Gasteiger partial charge in [-0.3, -0.25) is 4.90 Å². The number of hydrogen-bond acceptors (Lipinski definition) is 4. The van der Waals surface area contributed by atoms with Crippen molar-refractivity contribution in [3.8, 4) is 0 Å². The van der Waals surface area contributed by atoms with Gasteiger partial charge in [0.05, 0.1) is 12.3 Å². The number of nitrogens with one attached hydrogen (secondary N) is 1. The van der Waals surface area contributed by atoms with Crippen LogP contribution < -0.4 is 10.2 Å². The Bertz CT molecular complexity index is 542. The molecule has 2 aromatic rings. The Kier molecular flexibility index (Phi) is 4.27. The van der Waals surface area contributed by atoms with E-state index < -0.39 is 0 Å². The number of furan rings is 1. The molecule has 0 bridgehead atoms. The smallest absolute Gasteiger partial charge is 0.125 e. The first-order valence-electron chi connectivity index (χ1n) is 7.51.